The summed E-state index contributed by atoms with van der Waals surface area (Å²) in [6.45, 7) is 1.98. The van der Waals surface area contributed by atoms with Crippen LogP contribution in [0.15, 0.2) is 17.1 Å². The highest BCUT2D eigenvalue weighted by Crippen LogP contribution is 2.41. The molecule has 30 heavy (non-hydrogen) atoms. The third-order valence-corrected chi connectivity index (χ3v) is 6.20. The minimum Gasteiger partial charge on any atom is -0.449 e. The molecule has 0 bridgehead atoms. The lowest BCUT2D eigenvalue weighted by Crippen LogP contribution is -2.40. The Balaban J connectivity index is 0.00000218. The Labute approximate surface area is 177 Å². The Morgan fingerprint density at radius 1 is 1.23 bits per heavy atom. The van der Waals surface area contributed by atoms with Crippen LogP contribution in [0.25, 0.3) is 10.9 Å². The molecule has 5 rings (SSSR count). The van der Waals surface area contributed by atoms with Gasteiger partial charge < -0.3 is 24.6 Å². The monoisotopic (exact) mass is 441 g/mol. The van der Waals surface area contributed by atoms with Crippen molar-refractivity contribution in [1.82, 2.24) is 9.88 Å². The summed E-state index contributed by atoms with van der Waals surface area (Å²) >= 11 is 0. The van der Waals surface area contributed by atoms with Gasteiger partial charge in [0.1, 0.15) is 11.5 Å². The highest BCUT2D eigenvalue weighted by Gasteiger charge is 2.38. The van der Waals surface area contributed by atoms with Gasteiger partial charge in [-0.25, -0.2) is 13.6 Å². The molecular weight excluding hydrogens is 420 g/mol. The summed E-state index contributed by atoms with van der Waals surface area (Å²) in [7, 11) is 0. The second-order valence-corrected chi connectivity index (χ2v) is 8.11. The fourth-order valence-corrected chi connectivity index (χ4v) is 4.73. The van der Waals surface area contributed by atoms with E-state index in [4.69, 9.17) is 5.11 Å². The van der Waals surface area contributed by atoms with Crippen molar-refractivity contribution in [3.05, 3.63) is 34.1 Å². The lowest BCUT2D eigenvalue weighted by atomic mass is 9.94. The second kappa shape index (κ2) is 7.70. The number of piperidine rings is 1. The smallest absolute Gasteiger partial charge is 0.449 e. The van der Waals surface area contributed by atoms with E-state index in [1.165, 1.54) is 10.8 Å². The molecule has 3 aliphatic rings. The van der Waals surface area contributed by atoms with E-state index >= 15 is 8.78 Å². The zero-order valence-electron chi connectivity index (χ0n) is 16.1. The van der Waals surface area contributed by atoms with Crippen LogP contribution < -0.4 is 20.4 Å². The molecule has 2 unspecified atom stereocenters. The molecule has 0 amide bonds. The topological polar surface area (TPSA) is 83.8 Å². The van der Waals surface area contributed by atoms with Crippen LogP contribution in [-0.2, 0) is 0 Å². The molecule has 2 N–H and O–H groups in total. The number of hydrogen-bond donors (Lipinski definition) is 2. The predicted molar refractivity (Wildman–Crippen MR) is 109 cm³/mol. The van der Waals surface area contributed by atoms with E-state index in [2.05, 4.69) is 10.1 Å². The molecule has 7 nitrogen and oxygen atoms in total. The van der Waals surface area contributed by atoms with Gasteiger partial charge in [-0.15, -0.1) is 12.4 Å². The lowest BCUT2D eigenvalue weighted by Gasteiger charge is -2.24. The lowest BCUT2D eigenvalue weighted by molar-refractivity contribution is 0.143. The number of nitrogens with zero attached hydrogens (tertiary/aromatic N) is 2. The molecule has 1 aromatic heterocycles. The van der Waals surface area contributed by atoms with Gasteiger partial charge in [0.05, 0.1) is 17.1 Å². The summed E-state index contributed by atoms with van der Waals surface area (Å²) in [6, 6.07) is 1.15. The van der Waals surface area contributed by atoms with Gasteiger partial charge in [-0.2, -0.15) is 0 Å². The van der Waals surface area contributed by atoms with Gasteiger partial charge in [0, 0.05) is 25.2 Å². The summed E-state index contributed by atoms with van der Waals surface area (Å²) in [5.74, 6) is -1.69. The van der Waals surface area contributed by atoms with Crippen LogP contribution in [0.3, 0.4) is 0 Å². The molecule has 1 aromatic carbocycles. The molecule has 0 radical (unpaired) electrons. The number of pyridine rings is 1. The van der Waals surface area contributed by atoms with Crippen molar-refractivity contribution in [3.63, 3.8) is 0 Å². The number of aromatic nitrogens is 1. The maximum atomic E-state index is 15.7. The minimum atomic E-state index is -1.64. The van der Waals surface area contributed by atoms with Crippen LogP contribution in [0.4, 0.5) is 19.3 Å². The second-order valence-electron chi connectivity index (χ2n) is 8.11. The van der Waals surface area contributed by atoms with E-state index in [9.17, 15) is 9.59 Å². The Morgan fingerprint density at radius 3 is 2.67 bits per heavy atom. The van der Waals surface area contributed by atoms with Crippen LogP contribution in [0.1, 0.15) is 31.7 Å². The molecule has 1 aliphatic carbocycles. The van der Waals surface area contributed by atoms with Crippen molar-refractivity contribution in [2.45, 2.75) is 37.8 Å². The number of rotatable bonds is 3. The van der Waals surface area contributed by atoms with E-state index in [1.54, 1.807) is 4.90 Å². The van der Waals surface area contributed by atoms with Crippen molar-refractivity contribution in [2.75, 3.05) is 24.5 Å². The average molecular weight is 442 g/mol. The van der Waals surface area contributed by atoms with E-state index in [-0.39, 0.29) is 41.1 Å². The summed E-state index contributed by atoms with van der Waals surface area (Å²) in [4.78, 5) is 25.3. The van der Waals surface area contributed by atoms with E-state index in [0.717, 1.165) is 38.3 Å². The Hall–Kier alpha value is -2.39. The summed E-state index contributed by atoms with van der Waals surface area (Å²) < 4.78 is 36.8. The molecule has 2 atom stereocenters. The summed E-state index contributed by atoms with van der Waals surface area (Å²) in [5, 5.41) is 12.1. The Morgan fingerprint density at radius 2 is 2.00 bits per heavy atom. The third-order valence-electron chi connectivity index (χ3n) is 6.20. The first-order chi connectivity index (χ1) is 13.9. The van der Waals surface area contributed by atoms with Gasteiger partial charge in [-0.3, -0.25) is 4.79 Å². The maximum Gasteiger partial charge on any atom is 0.511 e. The standard InChI is InChI=1S/C20H21F2N3O4.ClH/c21-13-6-12-17(25(11-3-4-11)9-15(19(12)26)29-20(27)28)16(22)18(13)24-7-10-2-1-5-23-14(10)8-24;/h6,9-11,14,23H,1-5,7-8H2,(H,27,28);1H. The van der Waals surface area contributed by atoms with Gasteiger partial charge in [0.25, 0.3) is 0 Å². The molecule has 2 saturated heterocycles. The molecule has 2 aromatic rings. The zero-order valence-corrected chi connectivity index (χ0v) is 16.9. The van der Waals surface area contributed by atoms with Gasteiger partial charge in [0.2, 0.25) is 5.43 Å². The Bertz CT molecular complexity index is 1060. The molecule has 10 heteroatoms. The van der Waals surface area contributed by atoms with E-state index in [0.29, 0.717) is 19.0 Å². The number of carbonyl (C=O) groups is 1. The predicted octanol–water partition coefficient (Wildman–Crippen LogP) is 3.28. The first-order valence-electron chi connectivity index (χ1n) is 9.90. The third kappa shape index (κ3) is 3.39. The van der Waals surface area contributed by atoms with Crippen molar-refractivity contribution >= 4 is 35.2 Å². The van der Waals surface area contributed by atoms with Gasteiger partial charge in [-0.1, -0.05) is 0 Å². The SMILES string of the molecule is Cl.O=C(O)Oc1cn(C2CC2)c2c(F)c(N3CC4CCCNC4C3)c(F)cc2c1=O. The average Bonchev–Trinajstić information content (AvgIpc) is 3.43. The highest BCUT2D eigenvalue weighted by atomic mass is 35.5. The molecule has 2 aliphatic heterocycles. The summed E-state index contributed by atoms with van der Waals surface area (Å²) in [6.07, 6.45) is 3.20. The van der Waals surface area contributed by atoms with Gasteiger partial charge in [-0.05, 0) is 44.2 Å². The summed E-state index contributed by atoms with van der Waals surface area (Å²) in [5.41, 5.74) is -0.940. The number of anilines is 1. The number of halogens is 3. The Kier molecular flexibility index (Phi) is 5.36. The molecule has 3 heterocycles. The number of fused-ring (bicyclic) bond motifs is 2. The van der Waals surface area contributed by atoms with E-state index in [1.807, 2.05) is 0 Å². The number of ether oxygens (including phenoxy) is 1. The highest BCUT2D eigenvalue weighted by molar-refractivity contribution is 5.86. The number of hydrogen-bond acceptors (Lipinski definition) is 5. The zero-order chi connectivity index (χ0) is 20.3. The maximum absolute atomic E-state index is 15.7. The number of benzene rings is 1. The fraction of sp³-hybridized carbons (Fsp3) is 0.500. The molecule has 3 fully saturated rings. The first kappa shape index (κ1) is 20.9. The van der Waals surface area contributed by atoms with Crippen LogP contribution in [0.2, 0.25) is 0 Å². The largest absolute Gasteiger partial charge is 0.511 e. The molecule has 1 saturated carbocycles. The van der Waals surface area contributed by atoms with Crippen molar-refractivity contribution < 1.29 is 23.4 Å². The minimum absolute atomic E-state index is 0. The van der Waals surface area contributed by atoms with Crippen molar-refractivity contribution in [1.29, 1.82) is 0 Å². The van der Waals surface area contributed by atoms with Crippen molar-refractivity contribution in [2.24, 2.45) is 5.92 Å². The fourth-order valence-electron chi connectivity index (χ4n) is 4.73. The quantitative estimate of drug-likeness (QED) is 0.711. The number of nitrogens with one attached hydrogen (secondary N) is 1. The molecule has 0 spiro atoms. The van der Waals surface area contributed by atoms with Crippen LogP contribution in [-0.4, -0.2) is 41.5 Å². The van der Waals surface area contributed by atoms with Crippen molar-refractivity contribution in [3.8, 4) is 5.75 Å². The molecule has 162 valence electrons. The van der Waals surface area contributed by atoms with Gasteiger partial charge >= 0.3 is 6.16 Å². The van der Waals surface area contributed by atoms with Crippen LogP contribution >= 0.6 is 12.4 Å². The van der Waals surface area contributed by atoms with Crippen LogP contribution in [0, 0.1) is 17.6 Å². The normalized spacial score (nSPS) is 23.2. The van der Waals surface area contributed by atoms with Gasteiger partial charge in [0.15, 0.2) is 11.6 Å². The number of carboxylic acid groups (broad SMARTS) is 1. The first-order valence-corrected chi connectivity index (χ1v) is 9.90. The van der Waals surface area contributed by atoms with Crippen LogP contribution in [0.5, 0.6) is 5.75 Å². The molecular formula is C20H22ClF2N3O4. The van der Waals surface area contributed by atoms with E-state index < -0.39 is 29.0 Å².